The summed E-state index contributed by atoms with van der Waals surface area (Å²) in [5, 5.41) is 2.98. The van der Waals surface area contributed by atoms with Crippen LogP contribution in [-0.2, 0) is 4.74 Å². The maximum atomic E-state index is 13.0. The molecule has 8 heteroatoms. The van der Waals surface area contributed by atoms with Crippen LogP contribution in [0.5, 0.6) is 17.2 Å². The molecule has 0 aliphatic carbocycles. The van der Waals surface area contributed by atoms with E-state index in [2.05, 4.69) is 10.2 Å². The van der Waals surface area contributed by atoms with Crippen LogP contribution in [0, 0.1) is 0 Å². The molecule has 0 bridgehead atoms. The number of rotatable bonds is 8. The van der Waals surface area contributed by atoms with E-state index in [1.165, 1.54) is 0 Å². The summed E-state index contributed by atoms with van der Waals surface area (Å²) in [5.74, 6) is 1.49. The summed E-state index contributed by atoms with van der Waals surface area (Å²) in [7, 11) is 8.65. The molecule has 1 N–H and O–H groups in total. The topological polar surface area (TPSA) is 72.5 Å². The summed E-state index contributed by atoms with van der Waals surface area (Å²) in [5.41, 5.74) is 0.594. The van der Waals surface area contributed by atoms with Gasteiger partial charge in [0, 0.05) is 44.5 Å². The molecule has 0 radical (unpaired) electrons. The van der Waals surface area contributed by atoms with Crippen LogP contribution in [0.4, 0.5) is 10.5 Å². The van der Waals surface area contributed by atoms with Crippen LogP contribution in [0.2, 0.25) is 0 Å². The fourth-order valence-electron chi connectivity index (χ4n) is 3.10. The number of urea groups is 1. The average molecular weight is 381 g/mol. The van der Waals surface area contributed by atoms with Gasteiger partial charge in [-0.05, 0) is 26.9 Å². The molecule has 152 valence electrons. The zero-order chi connectivity index (χ0) is 19.8. The Balaban J connectivity index is 2.19. The van der Waals surface area contributed by atoms with Gasteiger partial charge in [0.05, 0.1) is 27.0 Å². The average Bonchev–Trinajstić information content (AvgIpc) is 2.67. The van der Waals surface area contributed by atoms with Crippen molar-refractivity contribution < 1.29 is 23.7 Å². The lowest BCUT2D eigenvalue weighted by Gasteiger charge is -2.35. The lowest BCUT2D eigenvalue weighted by molar-refractivity contribution is 0.0466. The van der Waals surface area contributed by atoms with E-state index in [4.69, 9.17) is 18.9 Å². The van der Waals surface area contributed by atoms with Crippen molar-refractivity contribution in [1.82, 2.24) is 9.80 Å². The van der Waals surface area contributed by atoms with Gasteiger partial charge in [-0.15, -0.1) is 0 Å². The number of carbonyl (C=O) groups excluding carboxylic acids is 1. The van der Waals surface area contributed by atoms with E-state index >= 15 is 0 Å². The molecule has 0 aromatic heterocycles. The molecule has 27 heavy (non-hydrogen) atoms. The minimum absolute atomic E-state index is 0.141. The Morgan fingerprint density at radius 1 is 1.07 bits per heavy atom. The lowest BCUT2D eigenvalue weighted by Crippen LogP contribution is -2.48. The predicted octanol–water partition coefficient (Wildman–Crippen LogP) is 2.29. The Morgan fingerprint density at radius 3 is 2.15 bits per heavy atom. The quantitative estimate of drug-likeness (QED) is 0.745. The highest BCUT2D eigenvalue weighted by atomic mass is 16.5. The van der Waals surface area contributed by atoms with Crippen molar-refractivity contribution in [3.05, 3.63) is 12.1 Å². The van der Waals surface area contributed by atoms with Crippen molar-refractivity contribution in [3.63, 3.8) is 0 Å². The second-order valence-electron chi connectivity index (χ2n) is 6.68. The van der Waals surface area contributed by atoms with Gasteiger partial charge in [0.15, 0.2) is 11.5 Å². The van der Waals surface area contributed by atoms with Gasteiger partial charge >= 0.3 is 6.03 Å². The summed E-state index contributed by atoms with van der Waals surface area (Å²) >= 11 is 0. The highest BCUT2D eigenvalue weighted by Gasteiger charge is 2.26. The molecule has 2 amide bonds. The van der Waals surface area contributed by atoms with Crippen LogP contribution < -0.4 is 19.5 Å². The molecule has 8 nitrogen and oxygen atoms in total. The van der Waals surface area contributed by atoms with Gasteiger partial charge in [-0.1, -0.05) is 0 Å². The zero-order valence-electron chi connectivity index (χ0n) is 16.9. The lowest BCUT2D eigenvalue weighted by atomic mass is 10.1. The standard InChI is InChI=1S/C19H31N3O5/c1-21(2)8-9-22(15-6-10-27-11-7-15)19(23)20-14-12-16(24-3)18(26-5)17(13-14)25-4/h12-13,15H,6-11H2,1-5H3,(H,20,23). The fraction of sp³-hybridized carbons (Fsp3) is 0.632. The van der Waals surface area contributed by atoms with Gasteiger partial charge in [0.1, 0.15) is 0 Å². The second kappa shape index (κ2) is 10.2. The minimum atomic E-state index is -0.141. The van der Waals surface area contributed by atoms with E-state index in [9.17, 15) is 4.79 Å². The fourth-order valence-corrected chi connectivity index (χ4v) is 3.10. The number of hydrogen-bond donors (Lipinski definition) is 1. The van der Waals surface area contributed by atoms with Gasteiger partial charge in [0.25, 0.3) is 0 Å². The van der Waals surface area contributed by atoms with E-state index in [0.717, 1.165) is 19.4 Å². The van der Waals surface area contributed by atoms with Crippen molar-refractivity contribution in [2.45, 2.75) is 18.9 Å². The molecule has 1 aliphatic rings. The SMILES string of the molecule is COc1cc(NC(=O)N(CCN(C)C)C2CCOCC2)cc(OC)c1OC. The largest absolute Gasteiger partial charge is 0.493 e. The number of amides is 2. The van der Waals surface area contributed by atoms with Crippen LogP contribution in [0.1, 0.15) is 12.8 Å². The molecule has 1 aromatic rings. The van der Waals surface area contributed by atoms with Gasteiger partial charge < -0.3 is 34.1 Å². The van der Waals surface area contributed by atoms with Crippen LogP contribution >= 0.6 is 0 Å². The van der Waals surface area contributed by atoms with Gasteiger partial charge in [-0.2, -0.15) is 0 Å². The maximum absolute atomic E-state index is 13.0. The summed E-state index contributed by atoms with van der Waals surface area (Å²) in [6.45, 7) is 2.80. The molecule has 1 aromatic carbocycles. The Kier molecular flexibility index (Phi) is 7.99. The molecular formula is C19H31N3O5. The molecule has 0 unspecified atom stereocenters. The summed E-state index contributed by atoms with van der Waals surface area (Å²) in [4.78, 5) is 17.0. The van der Waals surface area contributed by atoms with Gasteiger partial charge in [-0.25, -0.2) is 4.79 Å². The van der Waals surface area contributed by atoms with E-state index in [-0.39, 0.29) is 12.1 Å². The Hall–Kier alpha value is -2.19. The molecule has 1 saturated heterocycles. The van der Waals surface area contributed by atoms with Crippen molar-refractivity contribution in [2.75, 3.05) is 67.0 Å². The third kappa shape index (κ3) is 5.64. The normalized spacial score (nSPS) is 14.7. The van der Waals surface area contributed by atoms with Crippen molar-refractivity contribution in [1.29, 1.82) is 0 Å². The van der Waals surface area contributed by atoms with Crippen LogP contribution in [-0.4, -0.2) is 83.6 Å². The molecular weight excluding hydrogens is 350 g/mol. The third-order valence-corrected chi connectivity index (χ3v) is 4.60. The van der Waals surface area contributed by atoms with Crippen molar-refractivity contribution >= 4 is 11.7 Å². The van der Waals surface area contributed by atoms with E-state index in [1.54, 1.807) is 33.5 Å². The second-order valence-corrected chi connectivity index (χ2v) is 6.68. The maximum Gasteiger partial charge on any atom is 0.322 e. The first-order chi connectivity index (χ1) is 13.0. The number of nitrogens with zero attached hydrogens (tertiary/aromatic N) is 2. The Bertz CT molecular complexity index is 592. The number of anilines is 1. The number of likely N-dealkylation sites (N-methyl/N-ethyl adjacent to an activating group) is 1. The minimum Gasteiger partial charge on any atom is -0.493 e. The van der Waals surface area contributed by atoms with Crippen molar-refractivity contribution in [3.8, 4) is 17.2 Å². The molecule has 0 saturated carbocycles. The molecule has 1 fully saturated rings. The summed E-state index contributed by atoms with van der Waals surface area (Å²) in [6.07, 6.45) is 1.69. The van der Waals surface area contributed by atoms with E-state index in [0.29, 0.717) is 42.7 Å². The number of methoxy groups -OCH3 is 3. The van der Waals surface area contributed by atoms with Crippen molar-refractivity contribution in [2.24, 2.45) is 0 Å². The summed E-state index contributed by atoms with van der Waals surface area (Å²) in [6, 6.07) is 3.49. The number of nitrogens with one attached hydrogen (secondary N) is 1. The Morgan fingerprint density at radius 2 is 1.67 bits per heavy atom. The van der Waals surface area contributed by atoms with E-state index in [1.807, 2.05) is 19.0 Å². The van der Waals surface area contributed by atoms with Gasteiger partial charge in [0.2, 0.25) is 5.75 Å². The first kappa shape index (κ1) is 21.1. The molecule has 0 atom stereocenters. The molecule has 1 heterocycles. The molecule has 2 rings (SSSR count). The Labute approximate surface area is 161 Å². The van der Waals surface area contributed by atoms with Crippen LogP contribution in [0.15, 0.2) is 12.1 Å². The van der Waals surface area contributed by atoms with Gasteiger partial charge in [-0.3, -0.25) is 0 Å². The number of hydrogen-bond acceptors (Lipinski definition) is 6. The highest BCUT2D eigenvalue weighted by Crippen LogP contribution is 2.40. The molecule has 0 spiro atoms. The number of carbonyl (C=O) groups is 1. The monoisotopic (exact) mass is 381 g/mol. The van der Waals surface area contributed by atoms with E-state index < -0.39 is 0 Å². The smallest absolute Gasteiger partial charge is 0.322 e. The third-order valence-electron chi connectivity index (χ3n) is 4.60. The first-order valence-corrected chi connectivity index (χ1v) is 9.10. The summed E-state index contributed by atoms with van der Waals surface area (Å²) < 4.78 is 21.5. The zero-order valence-corrected chi connectivity index (χ0v) is 16.9. The predicted molar refractivity (Wildman–Crippen MR) is 104 cm³/mol. The first-order valence-electron chi connectivity index (χ1n) is 9.10. The molecule has 1 aliphatic heterocycles. The number of ether oxygens (including phenoxy) is 4. The van der Waals surface area contributed by atoms with Crippen LogP contribution in [0.25, 0.3) is 0 Å². The number of benzene rings is 1. The highest BCUT2D eigenvalue weighted by molar-refractivity contribution is 5.90. The van der Waals surface area contributed by atoms with Crippen LogP contribution in [0.3, 0.4) is 0 Å².